The van der Waals surface area contributed by atoms with Crippen LogP contribution in [0.15, 0.2) is 30.3 Å². The van der Waals surface area contributed by atoms with E-state index in [1.165, 1.54) is 17.4 Å². The number of hydrogen-bond donors (Lipinski definition) is 1. The Bertz CT molecular complexity index is 596. The fourth-order valence-corrected chi connectivity index (χ4v) is 3.44. The van der Waals surface area contributed by atoms with E-state index in [0.717, 1.165) is 30.8 Å². The molecule has 2 atom stereocenters. The molecule has 2 aromatic rings. The number of benzene rings is 1. The molecule has 1 saturated heterocycles. The summed E-state index contributed by atoms with van der Waals surface area (Å²) in [7, 11) is 0. The van der Waals surface area contributed by atoms with Crippen LogP contribution < -0.4 is 5.73 Å². The third kappa shape index (κ3) is 2.32. The molecule has 0 amide bonds. The average molecular weight is 269 g/mol. The molecule has 0 spiro atoms. The first-order chi connectivity index (χ1) is 9.72. The predicted molar refractivity (Wildman–Crippen MR) is 83.6 cm³/mol. The van der Waals surface area contributed by atoms with Crippen LogP contribution in [-0.2, 0) is 0 Å². The van der Waals surface area contributed by atoms with Crippen molar-refractivity contribution in [3.8, 4) is 0 Å². The van der Waals surface area contributed by atoms with Crippen LogP contribution in [0.4, 0.5) is 0 Å². The van der Waals surface area contributed by atoms with Gasteiger partial charge in [-0.15, -0.1) is 0 Å². The molecule has 1 fully saturated rings. The van der Waals surface area contributed by atoms with E-state index in [2.05, 4.69) is 47.1 Å². The molecule has 2 N–H and O–H groups in total. The monoisotopic (exact) mass is 269 g/mol. The van der Waals surface area contributed by atoms with Gasteiger partial charge < -0.3 is 5.73 Å². The van der Waals surface area contributed by atoms with E-state index >= 15 is 0 Å². The number of hydrogen-bond acceptors (Lipinski definition) is 3. The molecule has 1 aromatic heterocycles. The summed E-state index contributed by atoms with van der Waals surface area (Å²) in [5.74, 6) is 0.575. The summed E-state index contributed by atoms with van der Waals surface area (Å²) >= 11 is 0. The van der Waals surface area contributed by atoms with Crippen LogP contribution in [0.5, 0.6) is 0 Å². The van der Waals surface area contributed by atoms with Crippen LogP contribution in [-0.4, -0.2) is 29.5 Å². The van der Waals surface area contributed by atoms with Gasteiger partial charge in [0.1, 0.15) is 0 Å². The minimum Gasteiger partial charge on any atom is -0.330 e. The van der Waals surface area contributed by atoms with E-state index < -0.39 is 0 Å². The highest BCUT2D eigenvalue weighted by Gasteiger charge is 2.33. The second kappa shape index (κ2) is 5.51. The highest BCUT2D eigenvalue weighted by atomic mass is 15.2. The Kier molecular flexibility index (Phi) is 3.72. The minimum atomic E-state index is 0.468. The van der Waals surface area contributed by atoms with Gasteiger partial charge in [-0.05, 0) is 62.7 Å². The van der Waals surface area contributed by atoms with Crippen LogP contribution in [0.1, 0.15) is 30.6 Å². The number of pyridine rings is 1. The highest BCUT2D eigenvalue weighted by Crippen LogP contribution is 2.37. The SMILES string of the molecule is CCN1CCC(CN)C1c1ccc2nc(C)ccc2c1. The van der Waals surface area contributed by atoms with Gasteiger partial charge >= 0.3 is 0 Å². The maximum atomic E-state index is 5.97. The lowest BCUT2D eigenvalue weighted by atomic mass is 9.93. The van der Waals surface area contributed by atoms with Gasteiger partial charge in [0.05, 0.1) is 5.52 Å². The number of nitrogens with two attached hydrogens (primary N) is 1. The largest absolute Gasteiger partial charge is 0.330 e. The van der Waals surface area contributed by atoms with E-state index in [9.17, 15) is 0 Å². The topological polar surface area (TPSA) is 42.1 Å². The van der Waals surface area contributed by atoms with E-state index in [4.69, 9.17) is 5.73 Å². The maximum Gasteiger partial charge on any atom is 0.0705 e. The molecule has 106 valence electrons. The number of aromatic nitrogens is 1. The first kappa shape index (κ1) is 13.5. The summed E-state index contributed by atoms with van der Waals surface area (Å²) in [5, 5.41) is 1.23. The molecule has 3 nitrogen and oxygen atoms in total. The van der Waals surface area contributed by atoms with Crippen molar-refractivity contribution >= 4 is 10.9 Å². The Labute approximate surface area is 120 Å². The second-order valence-electron chi connectivity index (χ2n) is 5.76. The van der Waals surface area contributed by atoms with Crippen molar-refractivity contribution in [2.75, 3.05) is 19.6 Å². The summed E-state index contributed by atoms with van der Waals surface area (Å²) in [6, 6.07) is 11.4. The molecule has 20 heavy (non-hydrogen) atoms. The molecule has 0 aliphatic carbocycles. The number of aryl methyl sites for hydroxylation is 1. The number of fused-ring (bicyclic) bond motifs is 1. The second-order valence-corrected chi connectivity index (χ2v) is 5.76. The van der Waals surface area contributed by atoms with Crippen LogP contribution in [0.2, 0.25) is 0 Å². The zero-order valence-electron chi connectivity index (χ0n) is 12.3. The summed E-state index contributed by atoms with van der Waals surface area (Å²) in [6.45, 7) is 7.29. The lowest BCUT2D eigenvalue weighted by Crippen LogP contribution is -2.28. The van der Waals surface area contributed by atoms with E-state index in [0.29, 0.717) is 12.0 Å². The van der Waals surface area contributed by atoms with Crippen LogP contribution in [0.25, 0.3) is 10.9 Å². The van der Waals surface area contributed by atoms with Crippen LogP contribution in [0, 0.1) is 12.8 Å². The van der Waals surface area contributed by atoms with Gasteiger partial charge in [-0.2, -0.15) is 0 Å². The molecule has 0 saturated carbocycles. The zero-order valence-corrected chi connectivity index (χ0v) is 12.3. The molecular weight excluding hydrogens is 246 g/mol. The van der Waals surface area contributed by atoms with Gasteiger partial charge in [-0.25, -0.2) is 0 Å². The van der Waals surface area contributed by atoms with Gasteiger partial charge in [-0.3, -0.25) is 9.88 Å². The van der Waals surface area contributed by atoms with Gasteiger partial charge in [-0.1, -0.05) is 19.1 Å². The fraction of sp³-hybridized carbons (Fsp3) is 0.471. The third-order valence-corrected chi connectivity index (χ3v) is 4.53. The highest BCUT2D eigenvalue weighted by molar-refractivity contribution is 5.79. The van der Waals surface area contributed by atoms with Crippen molar-refractivity contribution in [3.63, 3.8) is 0 Å². The zero-order chi connectivity index (χ0) is 14.1. The summed E-state index contributed by atoms with van der Waals surface area (Å²) < 4.78 is 0. The Morgan fingerprint density at radius 2 is 2.15 bits per heavy atom. The smallest absolute Gasteiger partial charge is 0.0705 e. The summed E-state index contributed by atoms with van der Waals surface area (Å²) in [5.41, 5.74) is 9.51. The lowest BCUT2D eigenvalue weighted by molar-refractivity contribution is 0.242. The number of likely N-dealkylation sites (tertiary alicyclic amines) is 1. The molecule has 1 aromatic carbocycles. The van der Waals surface area contributed by atoms with Gasteiger partial charge in [0, 0.05) is 17.1 Å². The van der Waals surface area contributed by atoms with Gasteiger partial charge in [0.25, 0.3) is 0 Å². The van der Waals surface area contributed by atoms with Crippen molar-refractivity contribution in [2.45, 2.75) is 26.3 Å². The van der Waals surface area contributed by atoms with Gasteiger partial charge in [0.15, 0.2) is 0 Å². The molecule has 3 rings (SSSR count). The van der Waals surface area contributed by atoms with E-state index in [-0.39, 0.29) is 0 Å². The normalized spacial score (nSPS) is 23.6. The number of rotatable bonds is 3. The third-order valence-electron chi connectivity index (χ3n) is 4.53. The first-order valence-corrected chi connectivity index (χ1v) is 7.54. The van der Waals surface area contributed by atoms with Crippen molar-refractivity contribution in [1.29, 1.82) is 0 Å². The minimum absolute atomic E-state index is 0.468. The average Bonchev–Trinajstić information content (AvgIpc) is 2.89. The molecular formula is C17H23N3. The molecule has 1 aliphatic rings. The first-order valence-electron chi connectivity index (χ1n) is 7.54. The Morgan fingerprint density at radius 3 is 2.90 bits per heavy atom. The fourth-order valence-electron chi connectivity index (χ4n) is 3.44. The molecule has 0 radical (unpaired) electrons. The van der Waals surface area contributed by atoms with Crippen molar-refractivity contribution in [2.24, 2.45) is 11.7 Å². The lowest BCUT2D eigenvalue weighted by Gasteiger charge is -2.27. The summed E-state index contributed by atoms with van der Waals surface area (Å²) in [6.07, 6.45) is 1.21. The Balaban J connectivity index is 2.02. The van der Waals surface area contributed by atoms with E-state index in [1.807, 2.05) is 6.92 Å². The van der Waals surface area contributed by atoms with Crippen LogP contribution in [0.3, 0.4) is 0 Å². The maximum absolute atomic E-state index is 5.97. The predicted octanol–water partition coefficient (Wildman–Crippen LogP) is 2.88. The van der Waals surface area contributed by atoms with Gasteiger partial charge in [0.2, 0.25) is 0 Å². The van der Waals surface area contributed by atoms with Crippen LogP contribution >= 0.6 is 0 Å². The molecule has 2 heterocycles. The molecule has 3 heteroatoms. The van der Waals surface area contributed by atoms with Crippen molar-refractivity contribution in [3.05, 3.63) is 41.6 Å². The molecule has 0 bridgehead atoms. The molecule has 2 unspecified atom stereocenters. The molecule has 1 aliphatic heterocycles. The quantitative estimate of drug-likeness (QED) is 0.931. The Hall–Kier alpha value is -1.45. The van der Waals surface area contributed by atoms with E-state index in [1.54, 1.807) is 0 Å². The number of nitrogens with zero attached hydrogens (tertiary/aromatic N) is 2. The Morgan fingerprint density at radius 1 is 1.30 bits per heavy atom. The van der Waals surface area contributed by atoms with Crippen molar-refractivity contribution in [1.82, 2.24) is 9.88 Å². The van der Waals surface area contributed by atoms with Crippen molar-refractivity contribution < 1.29 is 0 Å². The standard InChI is InChI=1S/C17H23N3/c1-3-20-9-8-15(11-18)17(20)14-6-7-16-13(10-14)5-4-12(2)19-16/h4-7,10,15,17H,3,8-9,11,18H2,1-2H3. The summed E-state index contributed by atoms with van der Waals surface area (Å²) in [4.78, 5) is 7.13.